The van der Waals surface area contributed by atoms with E-state index < -0.39 is 5.82 Å². The summed E-state index contributed by atoms with van der Waals surface area (Å²) in [5.41, 5.74) is 0.822. The van der Waals surface area contributed by atoms with Gasteiger partial charge in [0.2, 0.25) is 0 Å². The number of pyridine rings is 1. The fraction of sp³-hybridized carbons (Fsp3) is 0.300. The molecule has 0 saturated carbocycles. The molecule has 3 heterocycles. The van der Waals surface area contributed by atoms with Crippen molar-refractivity contribution in [2.45, 2.75) is 19.8 Å². The van der Waals surface area contributed by atoms with E-state index in [0.29, 0.717) is 33.2 Å². The van der Waals surface area contributed by atoms with Gasteiger partial charge in [0.05, 0.1) is 10.0 Å². The Balaban J connectivity index is 1.92. The molecule has 1 aliphatic rings. The Labute approximate surface area is 167 Å². The lowest BCUT2D eigenvalue weighted by Gasteiger charge is -2.33. The van der Waals surface area contributed by atoms with Crippen LogP contribution in [0, 0.1) is 11.7 Å². The topological polar surface area (TPSA) is 34.0 Å². The van der Waals surface area contributed by atoms with Crippen molar-refractivity contribution in [2.24, 2.45) is 5.92 Å². The van der Waals surface area contributed by atoms with E-state index in [0.717, 1.165) is 25.9 Å². The van der Waals surface area contributed by atoms with Gasteiger partial charge in [-0.15, -0.1) is 0 Å². The number of hydrogen-bond donors (Lipinski definition) is 0. The van der Waals surface area contributed by atoms with Gasteiger partial charge in [0, 0.05) is 42.7 Å². The monoisotopic (exact) mass is 404 g/mol. The molecular weight excluding hydrogens is 386 g/mol. The fourth-order valence-electron chi connectivity index (χ4n) is 3.43. The quantitative estimate of drug-likeness (QED) is 0.568. The van der Waals surface area contributed by atoms with Gasteiger partial charge in [0.1, 0.15) is 11.6 Å². The van der Waals surface area contributed by atoms with Gasteiger partial charge < -0.3 is 4.90 Å². The van der Waals surface area contributed by atoms with Crippen LogP contribution in [0.1, 0.15) is 19.8 Å². The van der Waals surface area contributed by atoms with E-state index in [2.05, 4.69) is 16.9 Å². The summed E-state index contributed by atoms with van der Waals surface area (Å²) >= 11 is 13.0. The molecule has 1 saturated heterocycles. The average molecular weight is 405 g/mol. The highest BCUT2D eigenvalue weighted by atomic mass is 35.5. The van der Waals surface area contributed by atoms with Crippen molar-refractivity contribution in [2.75, 3.05) is 18.0 Å². The zero-order chi connectivity index (χ0) is 19.0. The molecule has 27 heavy (non-hydrogen) atoms. The van der Waals surface area contributed by atoms with Crippen LogP contribution in [0.3, 0.4) is 0 Å². The van der Waals surface area contributed by atoms with Crippen LogP contribution in [-0.4, -0.2) is 27.9 Å². The third-order valence-electron chi connectivity index (χ3n) is 4.97. The summed E-state index contributed by atoms with van der Waals surface area (Å²) in [4.78, 5) is 6.96. The first-order chi connectivity index (χ1) is 13.0. The first kappa shape index (κ1) is 18.3. The summed E-state index contributed by atoms with van der Waals surface area (Å²) in [6.45, 7) is 3.92. The predicted octanol–water partition coefficient (Wildman–Crippen LogP) is 5.62. The van der Waals surface area contributed by atoms with Crippen LogP contribution in [0.5, 0.6) is 0 Å². The van der Waals surface area contributed by atoms with Crippen LogP contribution < -0.4 is 4.90 Å². The highest BCUT2D eigenvalue weighted by Gasteiger charge is 2.26. The minimum absolute atomic E-state index is 0.289. The van der Waals surface area contributed by atoms with Crippen molar-refractivity contribution in [1.82, 2.24) is 14.8 Å². The van der Waals surface area contributed by atoms with Crippen molar-refractivity contribution in [3.05, 3.63) is 58.6 Å². The normalized spacial score (nSPS) is 15.3. The number of anilines is 1. The number of piperidine rings is 1. The van der Waals surface area contributed by atoms with Crippen LogP contribution in [-0.2, 0) is 0 Å². The maximum absolute atomic E-state index is 14.7. The summed E-state index contributed by atoms with van der Waals surface area (Å²) in [5.74, 6) is 1.48. The van der Waals surface area contributed by atoms with Crippen molar-refractivity contribution in [1.29, 1.82) is 0 Å². The molecular formula is C20H19Cl2FN4. The first-order valence-corrected chi connectivity index (χ1v) is 9.70. The Morgan fingerprint density at radius 2 is 1.85 bits per heavy atom. The predicted molar refractivity (Wildman–Crippen MR) is 107 cm³/mol. The molecule has 0 amide bonds. The van der Waals surface area contributed by atoms with Gasteiger partial charge in [-0.1, -0.05) is 36.2 Å². The second kappa shape index (κ2) is 7.49. The summed E-state index contributed by atoms with van der Waals surface area (Å²) in [6.07, 6.45) is 5.58. The highest BCUT2D eigenvalue weighted by molar-refractivity contribution is 6.37. The molecule has 0 unspecified atom stereocenters. The third-order valence-corrected chi connectivity index (χ3v) is 5.59. The van der Waals surface area contributed by atoms with Crippen molar-refractivity contribution in [3.8, 4) is 16.9 Å². The van der Waals surface area contributed by atoms with Gasteiger partial charge in [-0.25, -0.2) is 14.1 Å². The molecule has 0 spiro atoms. The molecule has 4 rings (SSSR count). The summed E-state index contributed by atoms with van der Waals surface area (Å²) in [5, 5.41) is 4.96. The first-order valence-electron chi connectivity index (χ1n) is 8.94. The molecule has 1 aliphatic heterocycles. The van der Waals surface area contributed by atoms with Gasteiger partial charge in [0.25, 0.3) is 0 Å². The molecule has 0 aliphatic carbocycles. The SMILES string of the molecule is CC1CCN(c2nc(-n3cccn3)cc(Cl)c2-c2c(F)cccc2Cl)CC1. The smallest absolute Gasteiger partial charge is 0.157 e. The Morgan fingerprint density at radius 1 is 1.07 bits per heavy atom. The van der Waals surface area contributed by atoms with Gasteiger partial charge in [-0.3, -0.25) is 0 Å². The van der Waals surface area contributed by atoms with Crippen LogP contribution in [0.25, 0.3) is 16.9 Å². The molecule has 140 valence electrons. The number of benzene rings is 1. The minimum atomic E-state index is -0.412. The van der Waals surface area contributed by atoms with E-state index in [1.54, 1.807) is 35.3 Å². The maximum Gasteiger partial charge on any atom is 0.157 e. The van der Waals surface area contributed by atoms with Crippen LogP contribution in [0.2, 0.25) is 10.0 Å². The number of aromatic nitrogens is 3. The third kappa shape index (κ3) is 3.54. The maximum atomic E-state index is 14.7. The van der Waals surface area contributed by atoms with Crippen molar-refractivity contribution < 1.29 is 4.39 Å². The summed E-state index contributed by atoms with van der Waals surface area (Å²) in [6, 6.07) is 8.16. The lowest BCUT2D eigenvalue weighted by molar-refractivity contribution is 0.436. The Hall–Kier alpha value is -2.11. The van der Waals surface area contributed by atoms with Gasteiger partial charge in [-0.2, -0.15) is 5.10 Å². The number of hydrogen-bond acceptors (Lipinski definition) is 3. The zero-order valence-electron chi connectivity index (χ0n) is 14.9. The van der Waals surface area contributed by atoms with Gasteiger partial charge >= 0.3 is 0 Å². The van der Waals surface area contributed by atoms with Crippen LogP contribution in [0.15, 0.2) is 42.7 Å². The summed E-state index contributed by atoms with van der Waals surface area (Å²) < 4.78 is 16.3. The van der Waals surface area contributed by atoms with E-state index in [1.165, 1.54) is 6.07 Å². The lowest BCUT2D eigenvalue weighted by atomic mass is 9.98. The second-order valence-electron chi connectivity index (χ2n) is 6.88. The standard InChI is InChI=1S/C20H19Cl2FN4/c1-13-6-10-26(11-7-13)20-19(18-14(21)4-2-5-16(18)23)15(22)12-17(25-20)27-9-3-8-24-27/h2-5,8-9,12-13H,6-7,10-11H2,1H3. The Morgan fingerprint density at radius 3 is 2.52 bits per heavy atom. The lowest BCUT2D eigenvalue weighted by Crippen LogP contribution is -2.34. The van der Waals surface area contributed by atoms with Crippen LogP contribution in [0.4, 0.5) is 10.2 Å². The van der Waals surface area contributed by atoms with E-state index in [4.69, 9.17) is 28.2 Å². The number of halogens is 3. The minimum Gasteiger partial charge on any atom is -0.356 e. The van der Waals surface area contributed by atoms with Gasteiger partial charge in [0.15, 0.2) is 5.82 Å². The molecule has 2 aromatic heterocycles. The van der Waals surface area contributed by atoms with Gasteiger partial charge in [-0.05, 0) is 37.0 Å². The average Bonchev–Trinajstić information content (AvgIpc) is 3.18. The molecule has 4 nitrogen and oxygen atoms in total. The van der Waals surface area contributed by atoms with E-state index in [9.17, 15) is 4.39 Å². The second-order valence-corrected chi connectivity index (χ2v) is 7.69. The number of nitrogens with zero attached hydrogens (tertiary/aromatic N) is 4. The van der Waals surface area contributed by atoms with Crippen LogP contribution >= 0.6 is 23.2 Å². The Bertz CT molecular complexity index is 931. The molecule has 0 atom stereocenters. The molecule has 0 radical (unpaired) electrons. The van der Waals surface area contributed by atoms with Crippen molar-refractivity contribution in [3.63, 3.8) is 0 Å². The number of rotatable bonds is 3. The van der Waals surface area contributed by atoms with E-state index in [-0.39, 0.29) is 5.56 Å². The molecule has 1 fully saturated rings. The molecule has 1 aromatic carbocycles. The molecule has 0 bridgehead atoms. The Kier molecular flexibility index (Phi) is 5.06. The summed E-state index contributed by atoms with van der Waals surface area (Å²) in [7, 11) is 0. The largest absolute Gasteiger partial charge is 0.356 e. The molecule has 7 heteroatoms. The molecule has 0 N–H and O–H groups in total. The van der Waals surface area contributed by atoms with E-state index >= 15 is 0 Å². The fourth-order valence-corrected chi connectivity index (χ4v) is 3.96. The highest BCUT2D eigenvalue weighted by Crippen LogP contribution is 2.42. The zero-order valence-corrected chi connectivity index (χ0v) is 16.4. The van der Waals surface area contributed by atoms with Crippen molar-refractivity contribution >= 4 is 29.0 Å². The molecule has 3 aromatic rings. The van der Waals surface area contributed by atoms with E-state index in [1.807, 2.05) is 6.07 Å².